The molecule has 1 saturated carbocycles. The number of hydrogen-bond donors (Lipinski definition) is 0. The van der Waals surface area contributed by atoms with Crippen LogP contribution in [0.1, 0.15) is 43.5 Å². The first kappa shape index (κ1) is 16.5. The number of pyridine rings is 1. The van der Waals surface area contributed by atoms with Gasteiger partial charge in [0.2, 0.25) is 5.88 Å². The van der Waals surface area contributed by atoms with Crippen molar-refractivity contribution in [1.82, 2.24) is 9.88 Å². The molecular formula is C20H24N2O2. The molecule has 1 aromatic heterocycles. The summed E-state index contributed by atoms with van der Waals surface area (Å²) in [4.78, 5) is 19.0. The summed E-state index contributed by atoms with van der Waals surface area (Å²) in [5.41, 5.74) is 0.631. The molecule has 0 radical (unpaired) electrons. The highest BCUT2D eigenvalue weighted by atomic mass is 16.5. The van der Waals surface area contributed by atoms with Crippen molar-refractivity contribution in [1.29, 1.82) is 0 Å². The van der Waals surface area contributed by atoms with Crippen LogP contribution < -0.4 is 4.74 Å². The van der Waals surface area contributed by atoms with E-state index in [0.717, 1.165) is 31.6 Å². The molecule has 4 heteroatoms. The van der Waals surface area contributed by atoms with Gasteiger partial charge >= 0.3 is 0 Å². The van der Waals surface area contributed by atoms with Crippen LogP contribution in [0, 0.1) is 5.92 Å². The second-order valence-corrected chi connectivity index (χ2v) is 6.71. The van der Waals surface area contributed by atoms with Gasteiger partial charge in [-0.05, 0) is 43.4 Å². The predicted molar refractivity (Wildman–Crippen MR) is 94.3 cm³/mol. The fourth-order valence-electron chi connectivity index (χ4n) is 2.58. The summed E-state index contributed by atoms with van der Waals surface area (Å²) in [7, 11) is 0. The van der Waals surface area contributed by atoms with Gasteiger partial charge in [-0.15, -0.1) is 0 Å². The molecule has 0 unspecified atom stereocenters. The third kappa shape index (κ3) is 4.34. The monoisotopic (exact) mass is 324 g/mol. The maximum Gasteiger partial charge on any atom is 0.255 e. The van der Waals surface area contributed by atoms with E-state index in [1.807, 2.05) is 35.2 Å². The molecule has 3 rings (SSSR count). The molecule has 0 atom stereocenters. The number of rotatable bonds is 7. The average Bonchev–Trinajstić information content (AvgIpc) is 3.41. The Hall–Kier alpha value is -2.36. The van der Waals surface area contributed by atoms with Gasteiger partial charge in [0, 0.05) is 24.8 Å². The zero-order valence-corrected chi connectivity index (χ0v) is 14.3. The molecule has 1 heterocycles. The Morgan fingerprint density at radius 2 is 1.96 bits per heavy atom. The second-order valence-electron chi connectivity index (χ2n) is 6.71. The summed E-state index contributed by atoms with van der Waals surface area (Å²) in [5, 5.41) is 0. The lowest BCUT2D eigenvalue weighted by Gasteiger charge is -2.23. The summed E-state index contributed by atoms with van der Waals surface area (Å²) in [6.07, 6.45) is 4.88. The molecule has 126 valence electrons. The van der Waals surface area contributed by atoms with Crippen LogP contribution >= 0.6 is 0 Å². The zero-order valence-electron chi connectivity index (χ0n) is 14.3. The molecule has 0 bridgehead atoms. The first-order valence-corrected chi connectivity index (χ1v) is 8.63. The van der Waals surface area contributed by atoms with Crippen LogP contribution in [0.5, 0.6) is 11.6 Å². The molecule has 0 N–H and O–H groups in total. The fourth-order valence-corrected chi connectivity index (χ4v) is 2.58. The SMILES string of the molecule is CC(C)CCN(C(=O)c1ccc(Oc2ccccc2)nc1)C1CC1. The van der Waals surface area contributed by atoms with Crippen LogP contribution in [-0.2, 0) is 0 Å². The van der Waals surface area contributed by atoms with Gasteiger partial charge in [0.05, 0.1) is 5.56 Å². The molecule has 1 aromatic carbocycles. The molecule has 1 aliphatic rings. The number of amides is 1. The van der Waals surface area contributed by atoms with Crippen molar-refractivity contribution in [2.45, 2.75) is 39.2 Å². The molecule has 1 fully saturated rings. The minimum absolute atomic E-state index is 0.0805. The Morgan fingerprint density at radius 1 is 1.21 bits per heavy atom. The number of aromatic nitrogens is 1. The number of benzene rings is 1. The maximum absolute atomic E-state index is 12.8. The molecule has 24 heavy (non-hydrogen) atoms. The Morgan fingerprint density at radius 3 is 2.54 bits per heavy atom. The lowest BCUT2D eigenvalue weighted by Crippen LogP contribution is -2.34. The van der Waals surface area contributed by atoms with E-state index in [1.54, 1.807) is 18.3 Å². The minimum atomic E-state index is 0.0805. The normalized spacial score (nSPS) is 13.8. The van der Waals surface area contributed by atoms with E-state index in [9.17, 15) is 4.79 Å². The summed E-state index contributed by atoms with van der Waals surface area (Å²) in [6, 6.07) is 13.5. The molecule has 4 nitrogen and oxygen atoms in total. The van der Waals surface area contributed by atoms with Crippen molar-refractivity contribution in [2.75, 3.05) is 6.54 Å². The van der Waals surface area contributed by atoms with E-state index in [2.05, 4.69) is 18.8 Å². The number of para-hydroxylation sites is 1. The van der Waals surface area contributed by atoms with Crippen molar-refractivity contribution in [3.63, 3.8) is 0 Å². The Bertz CT molecular complexity index is 664. The van der Waals surface area contributed by atoms with Crippen LogP contribution in [-0.4, -0.2) is 28.4 Å². The molecule has 1 aliphatic carbocycles. The molecule has 0 spiro atoms. The Kier molecular flexibility index (Phi) is 5.14. The first-order chi connectivity index (χ1) is 11.6. The van der Waals surface area contributed by atoms with Crippen molar-refractivity contribution in [3.8, 4) is 11.6 Å². The van der Waals surface area contributed by atoms with Gasteiger partial charge in [-0.2, -0.15) is 0 Å². The van der Waals surface area contributed by atoms with E-state index in [4.69, 9.17) is 4.74 Å². The van der Waals surface area contributed by atoms with E-state index in [-0.39, 0.29) is 5.91 Å². The minimum Gasteiger partial charge on any atom is -0.439 e. The topological polar surface area (TPSA) is 42.4 Å². The summed E-state index contributed by atoms with van der Waals surface area (Å²) in [6.45, 7) is 5.20. The molecular weight excluding hydrogens is 300 g/mol. The summed E-state index contributed by atoms with van der Waals surface area (Å²) < 4.78 is 5.68. The highest BCUT2D eigenvalue weighted by Gasteiger charge is 2.32. The lowest BCUT2D eigenvalue weighted by atomic mass is 10.1. The van der Waals surface area contributed by atoms with Crippen molar-refractivity contribution in [2.24, 2.45) is 5.92 Å². The number of carbonyl (C=O) groups excluding carboxylic acids is 1. The number of ether oxygens (including phenoxy) is 1. The Labute approximate surface area is 143 Å². The maximum atomic E-state index is 12.8. The van der Waals surface area contributed by atoms with Crippen molar-refractivity contribution < 1.29 is 9.53 Å². The summed E-state index contributed by atoms with van der Waals surface area (Å²) >= 11 is 0. The van der Waals surface area contributed by atoms with Gasteiger partial charge in [0.15, 0.2) is 0 Å². The fraction of sp³-hybridized carbons (Fsp3) is 0.400. The molecule has 2 aromatic rings. The smallest absolute Gasteiger partial charge is 0.255 e. The molecule has 1 amide bonds. The second kappa shape index (κ2) is 7.47. The van der Waals surface area contributed by atoms with Crippen molar-refractivity contribution in [3.05, 3.63) is 54.2 Å². The highest BCUT2D eigenvalue weighted by Crippen LogP contribution is 2.29. The third-order valence-electron chi connectivity index (χ3n) is 4.14. The van der Waals surface area contributed by atoms with Gasteiger partial charge in [-0.3, -0.25) is 4.79 Å². The molecule has 0 aliphatic heterocycles. The van der Waals surface area contributed by atoms with Gasteiger partial charge in [-0.25, -0.2) is 4.98 Å². The van der Waals surface area contributed by atoms with Crippen LogP contribution in [0.15, 0.2) is 48.7 Å². The first-order valence-electron chi connectivity index (χ1n) is 8.63. The summed E-state index contributed by atoms with van der Waals surface area (Å²) in [5.74, 6) is 1.91. The van der Waals surface area contributed by atoms with Crippen molar-refractivity contribution >= 4 is 5.91 Å². The largest absolute Gasteiger partial charge is 0.439 e. The molecule has 0 saturated heterocycles. The lowest BCUT2D eigenvalue weighted by molar-refractivity contribution is 0.0735. The van der Waals surface area contributed by atoms with E-state index in [1.165, 1.54) is 0 Å². The number of nitrogens with zero attached hydrogens (tertiary/aromatic N) is 2. The number of carbonyl (C=O) groups is 1. The van der Waals surface area contributed by atoms with Crippen LogP contribution in [0.25, 0.3) is 0 Å². The quantitative estimate of drug-likeness (QED) is 0.752. The average molecular weight is 324 g/mol. The van der Waals surface area contributed by atoms with Crippen LogP contribution in [0.4, 0.5) is 0 Å². The van der Waals surface area contributed by atoms with E-state index >= 15 is 0 Å². The predicted octanol–water partition coefficient (Wildman–Crippen LogP) is 4.52. The van der Waals surface area contributed by atoms with E-state index in [0.29, 0.717) is 23.4 Å². The van der Waals surface area contributed by atoms with Gasteiger partial charge in [0.1, 0.15) is 5.75 Å². The zero-order chi connectivity index (χ0) is 16.9. The van der Waals surface area contributed by atoms with Crippen LogP contribution in [0.3, 0.4) is 0 Å². The highest BCUT2D eigenvalue weighted by molar-refractivity contribution is 5.94. The standard InChI is InChI=1S/C20H24N2O2/c1-15(2)12-13-22(17-9-10-17)20(23)16-8-11-19(21-14-16)24-18-6-4-3-5-7-18/h3-8,11,14-15,17H,9-10,12-13H2,1-2H3. The van der Waals surface area contributed by atoms with Gasteiger partial charge in [0.25, 0.3) is 5.91 Å². The Balaban J connectivity index is 1.66. The van der Waals surface area contributed by atoms with Gasteiger partial charge in [-0.1, -0.05) is 32.0 Å². The van der Waals surface area contributed by atoms with E-state index < -0.39 is 0 Å². The van der Waals surface area contributed by atoms with Gasteiger partial charge < -0.3 is 9.64 Å². The van der Waals surface area contributed by atoms with Crippen LogP contribution in [0.2, 0.25) is 0 Å². The third-order valence-corrected chi connectivity index (χ3v) is 4.14. The number of hydrogen-bond acceptors (Lipinski definition) is 3.